The molecule has 2 N–H and O–H groups in total. The van der Waals surface area contributed by atoms with Gasteiger partial charge in [-0.05, 0) is 53.4 Å². The number of amides is 2. The summed E-state index contributed by atoms with van der Waals surface area (Å²) in [6.07, 6.45) is 1.24. The molecule has 0 aromatic carbocycles. The Labute approximate surface area is 146 Å². The van der Waals surface area contributed by atoms with Crippen LogP contribution in [0.4, 0.5) is 4.79 Å². The van der Waals surface area contributed by atoms with Crippen LogP contribution in [0.25, 0.3) is 0 Å². The average molecular weight is 341 g/mol. The summed E-state index contributed by atoms with van der Waals surface area (Å²) >= 11 is 0. The monoisotopic (exact) mass is 341 g/mol. The molecule has 1 unspecified atom stereocenters. The molecule has 1 rings (SSSR count). The number of likely N-dealkylation sites (tertiary alicyclic amines) is 1. The summed E-state index contributed by atoms with van der Waals surface area (Å²) in [5.41, 5.74) is 5.47. The molecule has 0 aliphatic carbocycles. The molecule has 2 amide bonds. The Balaban J connectivity index is 2.69. The Kier molecular flexibility index (Phi) is 7.08. The molecular weight excluding hydrogens is 306 g/mol. The third-order valence-corrected chi connectivity index (χ3v) is 4.33. The van der Waals surface area contributed by atoms with E-state index in [1.165, 1.54) is 0 Å². The highest BCUT2D eigenvalue weighted by molar-refractivity contribution is 5.82. The molecule has 1 aliphatic rings. The molecule has 0 bridgehead atoms. The Hall–Kier alpha value is -1.30. The van der Waals surface area contributed by atoms with Crippen LogP contribution in [0.5, 0.6) is 0 Å². The Morgan fingerprint density at radius 2 is 1.62 bits per heavy atom. The van der Waals surface area contributed by atoms with Gasteiger partial charge in [-0.15, -0.1) is 0 Å². The summed E-state index contributed by atoms with van der Waals surface area (Å²) in [7, 11) is 0. The van der Waals surface area contributed by atoms with Crippen LogP contribution in [0.2, 0.25) is 0 Å². The van der Waals surface area contributed by atoms with Gasteiger partial charge in [0.05, 0.1) is 6.04 Å². The second-order valence-corrected chi connectivity index (χ2v) is 8.31. The first-order chi connectivity index (χ1) is 10.9. The minimum Gasteiger partial charge on any atom is -0.444 e. The maximum Gasteiger partial charge on any atom is 0.410 e. The summed E-state index contributed by atoms with van der Waals surface area (Å²) in [5.74, 6) is 0.140. The van der Waals surface area contributed by atoms with Crippen molar-refractivity contribution in [3.63, 3.8) is 0 Å². The van der Waals surface area contributed by atoms with Crippen LogP contribution in [0, 0.1) is 5.92 Å². The summed E-state index contributed by atoms with van der Waals surface area (Å²) in [4.78, 5) is 28.5. The lowest BCUT2D eigenvalue weighted by Gasteiger charge is -2.41. The molecule has 0 radical (unpaired) electrons. The van der Waals surface area contributed by atoms with Gasteiger partial charge in [0.1, 0.15) is 5.60 Å². The highest BCUT2D eigenvalue weighted by Gasteiger charge is 2.34. The molecule has 1 fully saturated rings. The first-order valence-electron chi connectivity index (χ1n) is 8.99. The Bertz CT molecular complexity index is 435. The van der Waals surface area contributed by atoms with Crippen LogP contribution in [0.3, 0.4) is 0 Å². The first kappa shape index (κ1) is 20.7. The third kappa shape index (κ3) is 5.65. The molecule has 24 heavy (non-hydrogen) atoms. The largest absolute Gasteiger partial charge is 0.444 e. The number of hydrogen-bond donors (Lipinski definition) is 1. The predicted molar refractivity (Wildman–Crippen MR) is 95.6 cm³/mol. The van der Waals surface area contributed by atoms with Crippen LogP contribution in [-0.4, -0.2) is 58.6 Å². The number of ether oxygens (including phenoxy) is 1. The molecule has 1 atom stereocenters. The van der Waals surface area contributed by atoms with Gasteiger partial charge in [-0.3, -0.25) is 4.79 Å². The van der Waals surface area contributed by atoms with Crippen molar-refractivity contribution < 1.29 is 14.3 Å². The van der Waals surface area contributed by atoms with Crippen molar-refractivity contribution >= 4 is 12.0 Å². The van der Waals surface area contributed by atoms with E-state index in [1.807, 2.05) is 58.3 Å². The lowest BCUT2D eigenvalue weighted by molar-refractivity contribution is -0.135. The number of hydrogen-bond acceptors (Lipinski definition) is 4. The summed E-state index contributed by atoms with van der Waals surface area (Å²) in [6, 6.07) is -0.294. The number of piperidine rings is 1. The second-order valence-electron chi connectivity index (χ2n) is 8.31. The fourth-order valence-electron chi connectivity index (χ4n) is 2.96. The van der Waals surface area contributed by atoms with Crippen molar-refractivity contribution in [3.8, 4) is 0 Å². The van der Waals surface area contributed by atoms with E-state index in [9.17, 15) is 9.59 Å². The Morgan fingerprint density at radius 3 is 2.00 bits per heavy atom. The van der Waals surface area contributed by atoms with Gasteiger partial charge in [0.25, 0.3) is 0 Å². The van der Waals surface area contributed by atoms with Crippen LogP contribution in [0.15, 0.2) is 0 Å². The molecule has 0 aromatic rings. The minimum atomic E-state index is -0.509. The lowest BCUT2D eigenvalue weighted by atomic mass is 9.99. The fraction of sp³-hybridized carbons (Fsp3) is 0.889. The zero-order valence-electron chi connectivity index (χ0n) is 16.3. The van der Waals surface area contributed by atoms with Gasteiger partial charge in [-0.25, -0.2) is 4.79 Å². The third-order valence-electron chi connectivity index (χ3n) is 4.33. The maximum atomic E-state index is 12.5. The van der Waals surface area contributed by atoms with Crippen molar-refractivity contribution in [1.29, 1.82) is 0 Å². The van der Waals surface area contributed by atoms with E-state index in [0.717, 1.165) is 12.8 Å². The molecule has 6 heteroatoms. The average Bonchev–Trinajstić information content (AvgIpc) is 2.44. The van der Waals surface area contributed by atoms with E-state index in [2.05, 4.69) is 0 Å². The quantitative estimate of drug-likeness (QED) is 0.853. The predicted octanol–water partition coefficient (Wildman–Crippen LogP) is 2.61. The molecule has 6 nitrogen and oxygen atoms in total. The molecule has 0 aromatic heterocycles. The van der Waals surface area contributed by atoms with Crippen molar-refractivity contribution in [3.05, 3.63) is 0 Å². The summed E-state index contributed by atoms with van der Waals surface area (Å²) < 4.78 is 5.54. The standard InChI is InChI=1S/C18H35N3O3/c1-12(2)15(19)16(22)20-10-8-14(9-11-20)21(13(3)4)17(23)24-18(5,6)7/h12-15H,8-11,19H2,1-7H3. The molecule has 1 saturated heterocycles. The maximum absolute atomic E-state index is 12.5. The highest BCUT2D eigenvalue weighted by Crippen LogP contribution is 2.22. The minimum absolute atomic E-state index is 0.0109. The zero-order valence-corrected chi connectivity index (χ0v) is 16.3. The van der Waals surface area contributed by atoms with E-state index in [-0.39, 0.29) is 30.0 Å². The SMILES string of the molecule is CC(C)C(N)C(=O)N1CCC(N(C(=O)OC(C)(C)C)C(C)C)CC1. The van der Waals surface area contributed by atoms with E-state index < -0.39 is 11.6 Å². The van der Waals surface area contributed by atoms with Gasteiger partial charge >= 0.3 is 6.09 Å². The normalized spacial score (nSPS) is 18.0. The van der Waals surface area contributed by atoms with Crippen LogP contribution in [0.1, 0.15) is 61.3 Å². The van der Waals surface area contributed by atoms with E-state index in [1.54, 1.807) is 0 Å². The van der Waals surface area contributed by atoms with Crippen molar-refractivity contribution in [2.75, 3.05) is 13.1 Å². The number of carbonyl (C=O) groups excluding carboxylic acids is 2. The smallest absolute Gasteiger partial charge is 0.410 e. The summed E-state index contributed by atoms with van der Waals surface area (Å²) in [5, 5.41) is 0. The first-order valence-corrected chi connectivity index (χ1v) is 8.99. The van der Waals surface area contributed by atoms with Gasteiger partial charge in [0.2, 0.25) is 5.91 Å². The molecule has 1 heterocycles. The van der Waals surface area contributed by atoms with Gasteiger partial charge in [-0.1, -0.05) is 13.8 Å². The van der Waals surface area contributed by atoms with Gasteiger partial charge in [-0.2, -0.15) is 0 Å². The molecule has 1 aliphatic heterocycles. The number of nitrogens with zero attached hydrogens (tertiary/aromatic N) is 2. The number of carbonyl (C=O) groups is 2. The Morgan fingerprint density at radius 1 is 1.12 bits per heavy atom. The van der Waals surface area contributed by atoms with Gasteiger partial charge in [0, 0.05) is 25.2 Å². The van der Waals surface area contributed by atoms with Crippen LogP contribution >= 0.6 is 0 Å². The molecular formula is C18H35N3O3. The van der Waals surface area contributed by atoms with Gasteiger partial charge < -0.3 is 20.3 Å². The summed E-state index contributed by atoms with van der Waals surface area (Å²) in [6.45, 7) is 14.8. The molecule has 140 valence electrons. The van der Waals surface area contributed by atoms with Crippen LogP contribution < -0.4 is 5.73 Å². The van der Waals surface area contributed by atoms with Crippen molar-refractivity contribution in [1.82, 2.24) is 9.80 Å². The van der Waals surface area contributed by atoms with Gasteiger partial charge in [0.15, 0.2) is 0 Å². The lowest BCUT2D eigenvalue weighted by Crippen LogP contribution is -2.55. The fourth-order valence-corrected chi connectivity index (χ4v) is 2.96. The zero-order chi connectivity index (χ0) is 18.7. The van der Waals surface area contributed by atoms with E-state index in [0.29, 0.717) is 13.1 Å². The van der Waals surface area contributed by atoms with Crippen molar-refractivity contribution in [2.24, 2.45) is 11.7 Å². The number of nitrogens with two attached hydrogens (primary N) is 1. The highest BCUT2D eigenvalue weighted by atomic mass is 16.6. The molecule has 0 saturated carbocycles. The van der Waals surface area contributed by atoms with Crippen LogP contribution in [-0.2, 0) is 9.53 Å². The van der Waals surface area contributed by atoms with E-state index >= 15 is 0 Å². The van der Waals surface area contributed by atoms with Crippen molar-refractivity contribution in [2.45, 2.75) is 85.0 Å². The molecule has 0 spiro atoms. The van der Waals surface area contributed by atoms with E-state index in [4.69, 9.17) is 10.5 Å². The topological polar surface area (TPSA) is 75.9 Å². The number of rotatable bonds is 4. The second kappa shape index (κ2) is 8.19.